The Bertz CT molecular complexity index is 1070. The molecule has 3 N–H and O–H groups in total. The standard InChI is InChI=1S/C23H23ClN4O4/c24-16-7-9-17(10-8-16)26-19(29)6-3-13-25-20(30)14-28-21(31)23(27-22(28)32)12-11-15-4-1-2-5-18(15)23/h1-2,4-5,7-10H,3,6,11-14H2,(H,25,30)(H,26,29)(H,27,32). The van der Waals surface area contributed by atoms with Crippen molar-refractivity contribution in [3.8, 4) is 0 Å². The first-order valence-electron chi connectivity index (χ1n) is 10.4. The quantitative estimate of drug-likeness (QED) is 0.441. The molecule has 0 saturated carbocycles. The number of benzene rings is 2. The third kappa shape index (κ3) is 4.31. The molecule has 1 fully saturated rings. The second-order valence-electron chi connectivity index (χ2n) is 7.89. The van der Waals surface area contributed by atoms with Gasteiger partial charge >= 0.3 is 6.03 Å². The van der Waals surface area contributed by atoms with Crippen LogP contribution in [0.25, 0.3) is 0 Å². The molecule has 1 aliphatic carbocycles. The first kappa shape index (κ1) is 21.8. The van der Waals surface area contributed by atoms with Crippen molar-refractivity contribution in [1.29, 1.82) is 0 Å². The van der Waals surface area contributed by atoms with E-state index in [1.165, 1.54) is 0 Å². The Morgan fingerprint density at radius 2 is 1.81 bits per heavy atom. The van der Waals surface area contributed by atoms with Crippen LogP contribution in [0.3, 0.4) is 0 Å². The molecule has 0 bridgehead atoms. The highest BCUT2D eigenvalue weighted by Crippen LogP contribution is 2.41. The van der Waals surface area contributed by atoms with Gasteiger partial charge in [-0.15, -0.1) is 0 Å². The fraction of sp³-hybridized carbons (Fsp3) is 0.304. The third-order valence-corrected chi connectivity index (χ3v) is 6.01. The van der Waals surface area contributed by atoms with Crippen LogP contribution in [0.1, 0.15) is 30.4 Å². The van der Waals surface area contributed by atoms with E-state index in [1.807, 2.05) is 24.3 Å². The van der Waals surface area contributed by atoms with Crippen molar-refractivity contribution in [2.75, 3.05) is 18.4 Å². The molecule has 4 rings (SSSR count). The Morgan fingerprint density at radius 1 is 1.06 bits per heavy atom. The summed E-state index contributed by atoms with van der Waals surface area (Å²) in [6.07, 6.45) is 1.81. The Balaban J connectivity index is 1.24. The zero-order valence-corrected chi connectivity index (χ0v) is 18.1. The van der Waals surface area contributed by atoms with Crippen LogP contribution < -0.4 is 16.0 Å². The van der Waals surface area contributed by atoms with Crippen molar-refractivity contribution in [2.45, 2.75) is 31.2 Å². The van der Waals surface area contributed by atoms with Crippen LogP contribution in [0.15, 0.2) is 48.5 Å². The van der Waals surface area contributed by atoms with Gasteiger partial charge in [-0.05, 0) is 54.7 Å². The molecule has 1 unspecified atom stereocenters. The van der Waals surface area contributed by atoms with Crippen LogP contribution in [-0.4, -0.2) is 41.7 Å². The number of anilines is 1. The number of nitrogens with one attached hydrogen (secondary N) is 3. The van der Waals surface area contributed by atoms with E-state index in [2.05, 4.69) is 16.0 Å². The number of fused-ring (bicyclic) bond motifs is 2. The van der Waals surface area contributed by atoms with E-state index in [1.54, 1.807) is 24.3 Å². The molecule has 1 spiro atoms. The topological polar surface area (TPSA) is 108 Å². The molecule has 2 aromatic rings. The van der Waals surface area contributed by atoms with Gasteiger partial charge in [0.05, 0.1) is 0 Å². The maximum Gasteiger partial charge on any atom is 0.325 e. The summed E-state index contributed by atoms with van der Waals surface area (Å²) in [5.74, 6) is -1.03. The van der Waals surface area contributed by atoms with Crippen molar-refractivity contribution in [3.63, 3.8) is 0 Å². The van der Waals surface area contributed by atoms with Crippen LogP contribution >= 0.6 is 11.6 Å². The highest BCUT2D eigenvalue weighted by Gasteiger charge is 2.55. The first-order chi connectivity index (χ1) is 15.4. The number of carbonyl (C=O) groups excluding carboxylic acids is 4. The van der Waals surface area contributed by atoms with Crippen LogP contribution in [0.5, 0.6) is 0 Å². The maximum absolute atomic E-state index is 13.1. The largest absolute Gasteiger partial charge is 0.355 e. The van der Waals surface area contributed by atoms with E-state index in [9.17, 15) is 19.2 Å². The van der Waals surface area contributed by atoms with Crippen LogP contribution in [0.2, 0.25) is 5.02 Å². The van der Waals surface area contributed by atoms with Gasteiger partial charge in [0.1, 0.15) is 12.1 Å². The maximum atomic E-state index is 13.1. The van der Waals surface area contributed by atoms with Crippen molar-refractivity contribution in [3.05, 3.63) is 64.7 Å². The van der Waals surface area contributed by atoms with Crippen molar-refractivity contribution in [2.24, 2.45) is 0 Å². The molecular weight excluding hydrogens is 432 g/mol. The molecular formula is C23H23ClN4O4. The monoisotopic (exact) mass is 454 g/mol. The van der Waals surface area contributed by atoms with Crippen LogP contribution in [0, 0.1) is 0 Å². The summed E-state index contributed by atoms with van der Waals surface area (Å²) in [6, 6.07) is 13.7. The minimum Gasteiger partial charge on any atom is -0.355 e. The zero-order chi connectivity index (χ0) is 22.7. The molecule has 0 radical (unpaired) electrons. The van der Waals surface area contributed by atoms with Crippen LogP contribution in [0.4, 0.5) is 10.5 Å². The number of amides is 5. The predicted octanol–water partition coefficient (Wildman–Crippen LogP) is 2.57. The second kappa shape index (κ2) is 9.00. The summed E-state index contributed by atoms with van der Waals surface area (Å²) >= 11 is 5.81. The minimum absolute atomic E-state index is 0.183. The molecule has 0 aromatic heterocycles. The number of urea groups is 1. The molecule has 2 aromatic carbocycles. The lowest BCUT2D eigenvalue weighted by Crippen LogP contribution is -2.44. The molecule has 1 heterocycles. The highest BCUT2D eigenvalue weighted by molar-refractivity contribution is 6.30. The Hall–Kier alpha value is -3.39. The summed E-state index contributed by atoms with van der Waals surface area (Å²) in [7, 11) is 0. The SMILES string of the molecule is O=C(CN1C(=O)NC2(CCc3ccccc32)C1=O)NCCCC(=O)Nc1ccc(Cl)cc1. The number of nitrogens with zero attached hydrogens (tertiary/aromatic N) is 1. The Kier molecular flexibility index (Phi) is 6.14. The van der Waals surface area contributed by atoms with Crippen molar-refractivity contribution in [1.82, 2.24) is 15.5 Å². The Morgan fingerprint density at radius 3 is 2.59 bits per heavy atom. The molecule has 1 saturated heterocycles. The molecule has 32 heavy (non-hydrogen) atoms. The molecule has 8 nitrogen and oxygen atoms in total. The van der Waals surface area contributed by atoms with E-state index in [-0.39, 0.29) is 25.4 Å². The van der Waals surface area contributed by atoms with Gasteiger partial charge in [0, 0.05) is 23.7 Å². The molecule has 166 valence electrons. The summed E-state index contributed by atoms with van der Waals surface area (Å²) < 4.78 is 0. The molecule has 1 aliphatic heterocycles. The van der Waals surface area contributed by atoms with E-state index < -0.39 is 23.4 Å². The summed E-state index contributed by atoms with van der Waals surface area (Å²) in [5, 5.41) is 8.79. The Labute approximate surface area is 190 Å². The zero-order valence-electron chi connectivity index (χ0n) is 17.3. The number of hydrogen-bond donors (Lipinski definition) is 3. The number of halogens is 1. The van der Waals surface area contributed by atoms with Crippen molar-refractivity contribution < 1.29 is 19.2 Å². The van der Waals surface area contributed by atoms with Crippen LogP contribution in [-0.2, 0) is 26.3 Å². The lowest BCUT2D eigenvalue weighted by atomic mass is 9.92. The van der Waals surface area contributed by atoms with Gasteiger partial charge in [0.25, 0.3) is 5.91 Å². The average molecular weight is 455 g/mol. The normalized spacial score (nSPS) is 19.1. The summed E-state index contributed by atoms with van der Waals surface area (Å²) in [4.78, 5) is 50.8. The van der Waals surface area contributed by atoms with Gasteiger partial charge in [0.2, 0.25) is 11.8 Å². The fourth-order valence-corrected chi connectivity index (χ4v) is 4.29. The van der Waals surface area contributed by atoms with Crippen molar-refractivity contribution >= 4 is 41.0 Å². The molecule has 9 heteroatoms. The minimum atomic E-state index is -1.08. The van der Waals surface area contributed by atoms with Gasteiger partial charge in [0.15, 0.2) is 0 Å². The lowest BCUT2D eigenvalue weighted by Gasteiger charge is -2.22. The van der Waals surface area contributed by atoms with E-state index >= 15 is 0 Å². The van der Waals surface area contributed by atoms with Gasteiger partial charge in [-0.2, -0.15) is 0 Å². The number of rotatable bonds is 7. The van der Waals surface area contributed by atoms with Gasteiger partial charge in [-0.25, -0.2) is 4.79 Å². The number of carbonyl (C=O) groups is 4. The van der Waals surface area contributed by atoms with Gasteiger partial charge < -0.3 is 16.0 Å². The molecule has 5 amide bonds. The third-order valence-electron chi connectivity index (χ3n) is 5.75. The summed E-state index contributed by atoms with van der Waals surface area (Å²) in [6.45, 7) is -0.101. The van der Waals surface area contributed by atoms with E-state index in [4.69, 9.17) is 11.6 Å². The first-order valence-corrected chi connectivity index (χ1v) is 10.8. The predicted molar refractivity (Wildman–Crippen MR) is 119 cm³/mol. The lowest BCUT2D eigenvalue weighted by molar-refractivity contribution is -0.135. The highest BCUT2D eigenvalue weighted by atomic mass is 35.5. The van der Waals surface area contributed by atoms with E-state index in [0.717, 1.165) is 16.0 Å². The van der Waals surface area contributed by atoms with E-state index in [0.29, 0.717) is 30.0 Å². The number of imide groups is 1. The van der Waals surface area contributed by atoms with Gasteiger partial charge in [-0.1, -0.05) is 35.9 Å². The van der Waals surface area contributed by atoms with Gasteiger partial charge in [-0.3, -0.25) is 19.3 Å². The fourth-order valence-electron chi connectivity index (χ4n) is 4.17. The number of hydrogen-bond acceptors (Lipinski definition) is 4. The molecule has 1 atom stereocenters. The summed E-state index contributed by atoms with van der Waals surface area (Å²) in [5.41, 5.74) is 1.40. The molecule has 2 aliphatic rings. The number of aryl methyl sites for hydroxylation is 1. The smallest absolute Gasteiger partial charge is 0.325 e. The average Bonchev–Trinajstić information content (AvgIpc) is 3.26. The second-order valence-corrected chi connectivity index (χ2v) is 8.33.